The normalized spacial score (nSPS) is 19.4. The molecule has 15 heteroatoms. The molecule has 1 amide bonds. The van der Waals surface area contributed by atoms with E-state index in [1.807, 2.05) is 6.92 Å². The third kappa shape index (κ3) is 7.54. The molecule has 2 aliphatic heterocycles. The number of carboxylic acids is 1. The second-order valence-corrected chi connectivity index (χ2v) is 13.4. The maximum atomic E-state index is 12.9. The number of halogens is 2. The molecular weight excluding hydrogens is 637 g/mol. The molecule has 0 saturated carbocycles. The van der Waals surface area contributed by atoms with Crippen LogP contribution in [-0.4, -0.2) is 118 Å². The Morgan fingerprint density at radius 3 is 2.40 bits per heavy atom. The standard InChI is InChI=1S/C30H41Cl2N9O3S/c1-5-38(6-2)9-10-39-11-13-40(14-12-39)22-16-33-21(15-34-22)25-27(29(43)44)45-30(37-25)41-8-7-20(18(3)17-41)36-28(42)26-24(32)23(31)19(4)35-26/h15-16,18,20,35H,5-14,17H2,1-4H3,(H,36,42)(H,43,44)/t18-,20+/m0/s1. The van der Waals surface area contributed by atoms with Gasteiger partial charge in [-0.1, -0.05) is 55.3 Å². The van der Waals surface area contributed by atoms with Gasteiger partial charge in [-0.25, -0.2) is 19.7 Å². The van der Waals surface area contributed by atoms with Crippen LogP contribution in [0, 0.1) is 12.8 Å². The zero-order chi connectivity index (χ0) is 32.2. The summed E-state index contributed by atoms with van der Waals surface area (Å²) < 4.78 is 0. The first-order valence-electron chi connectivity index (χ1n) is 15.4. The average molecular weight is 679 g/mol. The van der Waals surface area contributed by atoms with E-state index in [2.05, 4.69) is 53.7 Å². The van der Waals surface area contributed by atoms with Gasteiger partial charge >= 0.3 is 5.97 Å². The lowest BCUT2D eigenvalue weighted by molar-refractivity contribution is 0.0702. The molecule has 3 aromatic heterocycles. The van der Waals surface area contributed by atoms with Crippen LogP contribution in [0.25, 0.3) is 11.4 Å². The molecule has 0 aromatic carbocycles. The van der Waals surface area contributed by atoms with Crippen LogP contribution in [0.15, 0.2) is 12.4 Å². The monoisotopic (exact) mass is 677 g/mol. The number of piperazine rings is 1. The fourth-order valence-corrected chi connectivity index (χ4v) is 7.26. The number of aromatic nitrogens is 4. The van der Waals surface area contributed by atoms with Crippen molar-refractivity contribution in [2.45, 2.75) is 40.2 Å². The van der Waals surface area contributed by atoms with E-state index in [1.165, 1.54) is 0 Å². The number of aromatic carboxylic acids is 1. The van der Waals surface area contributed by atoms with Crippen molar-refractivity contribution in [2.75, 3.05) is 75.2 Å². The first kappa shape index (κ1) is 33.4. The number of hydrogen-bond donors (Lipinski definition) is 3. The van der Waals surface area contributed by atoms with Gasteiger partial charge in [-0.2, -0.15) is 0 Å². The van der Waals surface area contributed by atoms with Crippen molar-refractivity contribution in [3.63, 3.8) is 0 Å². The van der Waals surface area contributed by atoms with Crippen molar-refractivity contribution in [1.82, 2.24) is 35.1 Å². The Labute approximate surface area is 277 Å². The van der Waals surface area contributed by atoms with E-state index in [9.17, 15) is 14.7 Å². The number of aromatic amines is 1. The third-order valence-corrected chi connectivity index (χ3v) is 10.8. The molecule has 0 spiro atoms. The fraction of sp³-hybridized carbons (Fsp3) is 0.567. The van der Waals surface area contributed by atoms with Crippen molar-refractivity contribution >= 4 is 57.4 Å². The summed E-state index contributed by atoms with van der Waals surface area (Å²) in [7, 11) is 0. The molecule has 3 N–H and O–H groups in total. The van der Waals surface area contributed by atoms with Crippen LogP contribution < -0.4 is 15.1 Å². The van der Waals surface area contributed by atoms with Crippen LogP contribution >= 0.6 is 34.5 Å². The smallest absolute Gasteiger partial charge is 0.348 e. The largest absolute Gasteiger partial charge is 0.477 e. The van der Waals surface area contributed by atoms with Crippen LogP contribution in [0.5, 0.6) is 0 Å². The molecule has 2 atom stereocenters. The summed E-state index contributed by atoms with van der Waals surface area (Å²) in [6.45, 7) is 17.4. The zero-order valence-electron chi connectivity index (χ0n) is 26.1. The van der Waals surface area contributed by atoms with Crippen LogP contribution in [0.4, 0.5) is 10.9 Å². The zero-order valence-corrected chi connectivity index (χ0v) is 28.5. The number of nitrogens with zero attached hydrogens (tertiary/aromatic N) is 7. The molecule has 0 radical (unpaired) electrons. The van der Waals surface area contributed by atoms with Gasteiger partial charge < -0.3 is 30.1 Å². The number of carbonyl (C=O) groups is 2. The number of aryl methyl sites for hydroxylation is 1. The summed E-state index contributed by atoms with van der Waals surface area (Å²) >= 11 is 13.5. The predicted octanol–water partition coefficient (Wildman–Crippen LogP) is 4.35. The molecule has 12 nitrogen and oxygen atoms in total. The predicted molar refractivity (Wildman–Crippen MR) is 179 cm³/mol. The average Bonchev–Trinajstić information content (AvgIpc) is 3.61. The van der Waals surface area contributed by atoms with Gasteiger partial charge in [0.1, 0.15) is 27.8 Å². The van der Waals surface area contributed by atoms with Gasteiger partial charge in [-0.05, 0) is 32.4 Å². The number of rotatable bonds is 11. The number of H-pyrrole nitrogens is 1. The molecule has 45 heavy (non-hydrogen) atoms. The lowest BCUT2D eigenvalue weighted by Crippen LogP contribution is -2.50. The number of anilines is 2. The lowest BCUT2D eigenvalue weighted by atomic mass is 9.94. The second-order valence-electron chi connectivity index (χ2n) is 11.6. The topological polar surface area (TPSA) is 134 Å². The van der Waals surface area contributed by atoms with Gasteiger partial charge in [0.05, 0.1) is 22.4 Å². The highest BCUT2D eigenvalue weighted by Gasteiger charge is 2.32. The van der Waals surface area contributed by atoms with Crippen LogP contribution in [-0.2, 0) is 0 Å². The summed E-state index contributed by atoms with van der Waals surface area (Å²) in [5.74, 6) is -0.493. The molecule has 2 saturated heterocycles. The Hall–Kier alpha value is -2.97. The van der Waals surface area contributed by atoms with E-state index in [0.717, 1.165) is 69.5 Å². The first-order chi connectivity index (χ1) is 21.6. The van der Waals surface area contributed by atoms with Crippen LogP contribution in [0.2, 0.25) is 10.0 Å². The number of nitrogens with one attached hydrogen (secondary N) is 2. The Kier molecular flexibility index (Phi) is 10.9. The quantitative estimate of drug-likeness (QED) is 0.269. The maximum absolute atomic E-state index is 12.9. The lowest BCUT2D eigenvalue weighted by Gasteiger charge is -2.37. The molecular formula is C30H41Cl2N9O3S. The third-order valence-electron chi connectivity index (χ3n) is 8.79. The number of piperidine rings is 1. The van der Waals surface area contributed by atoms with Crippen LogP contribution in [0.3, 0.4) is 0 Å². The maximum Gasteiger partial charge on any atom is 0.348 e. The summed E-state index contributed by atoms with van der Waals surface area (Å²) in [6.07, 6.45) is 4.00. The molecule has 244 valence electrons. The number of amides is 1. The fourth-order valence-electron chi connectivity index (χ4n) is 5.90. The molecule has 0 aliphatic carbocycles. The van der Waals surface area contributed by atoms with Crippen LogP contribution in [0.1, 0.15) is 53.0 Å². The minimum Gasteiger partial charge on any atom is -0.477 e. The Bertz CT molecular complexity index is 1490. The summed E-state index contributed by atoms with van der Waals surface area (Å²) in [5.41, 5.74) is 1.65. The van der Waals surface area contributed by atoms with Crippen molar-refractivity contribution in [3.05, 3.63) is 38.7 Å². The van der Waals surface area contributed by atoms with Gasteiger partial charge in [0.15, 0.2) is 5.13 Å². The van der Waals surface area contributed by atoms with Crippen molar-refractivity contribution in [3.8, 4) is 11.4 Å². The molecule has 0 bridgehead atoms. The van der Waals surface area contributed by atoms with Gasteiger partial charge in [-0.15, -0.1) is 0 Å². The van der Waals surface area contributed by atoms with Crippen molar-refractivity contribution < 1.29 is 14.7 Å². The van der Waals surface area contributed by atoms with Gasteiger partial charge in [-0.3, -0.25) is 9.69 Å². The minimum atomic E-state index is -1.05. The number of hydrogen-bond acceptors (Lipinski definition) is 10. The van der Waals surface area contributed by atoms with Gasteiger partial charge in [0.25, 0.3) is 5.91 Å². The van der Waals surface area contributed by atoms with Crippen molar-refractivity contribution in [1.29, 1.82) is 0 Å². The Morgan fingerprint density at radius 2 is 1.82 bits per heavy atom. The van der Waals surface area contributed by atoms with E-state index in [4.69, 9.17) is 28.2 Å². The Balaban J connectivity index is 1.20. The highest BCUT2D eigenvalue weighted by Crippen LogP contribution is 2.35. The van der Waals surface area contributed by atoms with Crippen molar-refractivity contribution in [2.24, 2.45) is 5.92 Å². The van der Waals surface area contributed by atoms with E-state index in [-0.39, 0.29) is 33.5 Å². The number of carbonyl (C=O) groups excluding carboxylic acids is 1. The summed E-state index contributed by atoms with van der Waals surface area (Å²) in [5, 5.41) is 14.2. The Morgan fingerprint density at radius 1 is 1.09 bits per heavy atom. The molecule has 2 aliphatic rings. The van der Waals surface area contributed by atoms with E-state index in [1.54, 1.807) is 19.3 Å². The molecule has 0 unspecified atom stereocenters. The molecule has 5 rings (SSSR count). The molecule has 5 heterocycles. The van der Waals surface area contributed by atoms with E-state index >= 15 is 0 Å². The van der Waals surface area contributed by atoms with E-state index < -0.39 is 5.97 Å². The van der Waals surface area contributed by atoms with Gasteiger partial charge in [0, 0.05) is 64.1 Å². The summed E-state index contributed by atoms with van der Waals surface area (Å²) in [6, 6.07) is -0.0896. The minimum absolute atomic E-state index is 0.0744. The molecule has 2 fully saturated rings. The number of thiazole rings is 1. The highest BCUT2D eigenvalue weighted by molar-refractivity contribution is 7.17. The first-order valence-corrected chi connectivity index (χ1v) is 17.0. The number of likely N-dealkylation sites (N-methyl/N-ethyl adjacent to an activating group) is 1. The number of carboxylic acid groups (broad SMARTS) is 1. The highest BCUT2D eigenvalue weighted by atomic mass is 35.5. The molecule has 3 aromatic rings. The summed E-state index contributed by atoms with van der Waals surface area (Å²) in [4.78, 5) is 51.4. The van der Waals surface area contributed by atoms with E-state index in [0.29, 0.717) is 46.7 Å². The van der Waals surface area contributed by atoms with Gasteiger partial charge in [0.2, 0.25) is 0 Å². The second kappa shape index (κ2) is 14.6. The SMILES string of the molecule is CCN(CC)CCN1CCN(c2cnc(-c3nc(N4CC[C@@H](NC(=O)c5[nH]c(C)c(Cl)c5Cl)[C@@H](C)C4)sc3C(=O)O)cn2)CC1.